The Hall–Kier alpha value is -0.870. The van der Waals surface area contributed by atoms with Crippen molar-refractivity contribution in [3.8, 4) is 5.88 Å². The van der Waals surface area contributed by atoms with Gasteiger partial charge in [-0.1, -0.05) is 0 Å². The van der Waals surface area contributed by atoms with E-state index in [1.54, 1.807) is 0 Å². The van der Waals surface area contributed by atoms with Crippen LogP contribution in [0.4, 0.5) is 0 Å². The molecule has 4 nitrogen and oxygen atoms in total. The molecule has 1 aliphatic rings. The highest BCUT2D eigenvalue weighted by Crippen LogP contribution is 2.18. The minimum absolute atomic E-state index is 0. The van der Waals surface area contributed by atoms with Crippen molar-refractivity contribution in [1.82, 2.24) is 15.3 Å². The van der Waals surface area contributed by atoms with E-state index in [2.05, 4.69) is 15.3 Å². The van der Waals surface area contributed by atoms with Gasteiger partial charge in [-0.05, 0) is 13.0 Å². The molecule has 1 aliphatic heterocycles. The van der Waals surface area contributed by atoms with Crippen molar-refractivity contribution in [2.24, 2.45) is 0 Å². The summed E-state index contributed by atoms with van der Waals surface area (Å²) in [6.45, 7) is 1.64. The maximum atomic E-state index is 9.28. The summed E-state index contributed by atoms with van der Waals surface area (Å²) in [5.74, 6) is 0.136. The van der Waals surface area contributed by atoms with Gasteiger partial charge in [0.1, 0.15) is 6.33 Å². The summed E-state index contributed by atoms with van der Waals surface area (Å²) in [7, 11) is 0. The zero-order valence-corrected chi connectivity index (χ0v) is 7.27. The number of nitrogens with zero attached hydrogens (tertiary/aromatic N) is 2. The molecule has 0 saturated carbocycles. The van der Waals surface area contributed by atoms with Crippen LogP contribution in [0.5, 0.6) is 5.88 Å². The minimum Gasteiger partial charge on any atom is -0.493 e. The largest absolute Gasteiger partial charge is 0.493 e. The second-order valence-electron chi connectivity index (χ2n) is 2.55. The van der Waals surface area contributed by atoms with E-state index >= 15 is 0 Å². The predicted octanol–water partition coefficient (Wildman–Crippen LogP) is 0.250. The first kappa shape index (κ1) is 9.22. The fourth-order valence-corrected chi connectivity index (χ4v) is 1.27. The molecule has 2 heterocycles. The van der Waals surface area contributed by atoms with Crippen molar-refractivity contribution in [3.63, 3.8) is 0 Å². The van der Waals surface area contributed by atoms with E-state index in [0.29, 0.717) is 0 Å². The monoisotopic (exact) mass is 187 g/mol. The molecule has 66 valence electrons. The van der Waals surface area contributed by atoms with Gasteiger partial charge in [0, 0.05) is 12.1 Å². The molecule has 2 rings (SSSR count). The van der Waals surface area contributed by atoms with Gasteiger partial charge in [0.05, 0.1) is 5.69 Å². The van der Waals surface area contributed by atoms with Crippen LogP contribution in [0.3, 0.4) is 0 Å². The van der Waals surface area contributed by atoms with E-state index in [1.807, 2.05) is 0 Å². The van der Waals surface area contributed by atoms with Crippen LogP contribution in [0.2, 0.25) is 0 Å². The molecule has 0 radical (unpaired) electrons. The van der Waals surface area contributed by atoms with Crippen LogP contribution in [0, 0.1) is 0 Å². The average molecular weight is 188 g/mol. The van der Waals surface area contributed by atoms with Gasteiger partial charge in [-0.25, -0.2) is 9.97 Å². The molecule has 0 saturated heterocycles. The standard InChI is InChI=1S/C7H9N3O.ClH/c11-7-5-1-2-8-3-6(5)9-4-10-7;/h4,8H,1-3H2,(H,9,10,11);1H. The molecule has 0 amide bonds. The average Bonchev–Trinajstić information content (AvgIpc) is 2.06. The number of fused-ring (bicyclic) bond motifs is 1. The second-order valence-corrected chi connectivity index (χ2v) is 2.55. The van der Waals surface area contributed by atoms with Crippen molar-refractivity contribution >= 4 is 12.4 Å². The summed E-state index contributed by atoms with van der Waals surface area (Å²) in [6, 6.07) is 0. The van der Waals surface area contributed by atoms with Crippen LogP contribution in [0.25, 0.3) is 0 Å². The summed E-state index contributed by atoms with van der Waals surface area (Å²) in [4.78, 5) is 7.76. The lowest BCUT2D eigenvalue weighted by Gasteiger charge is -2.15. The van der Waals surface area contributed by atoms with Gasteiger partial charge in [-0.15, -0.1) is 12.4 Å². The number of rotatable bonds is 0. The number of hydrogen-bond acceptors (Lipinski definition) is 4. The zero-order chi connectivity index (χ0) is 7.68. The lowest BCUT2D eigenvalue weighted by atomic mass is 10.1. The third-order valence-corrected chi connectivity index (χ3v) is 1.86. The van der Waals surface area contributed by atoms with Gasteiger partial charge in [0.15, 0.2) is 0 Å². The normalized spacial score (nSPS) is 14.7. The molecule has 0 atom stereocenters. The fraction of sp³-hybridized carbons (Fsp3) is 0.429. The van der Waals surface area contributed by atoms with Crippen LogP contribution >= 0.6 is 12.4 Å². The number of nitrogens with one attached hydrogen (secondary N) is 1. The van der Waals surface area contributed by atoms with Gasteiger partial charge >= 0.3 is 0 Å². The number of hydrogen-bond donors (Lipinski definition) is 2. The molecule has 5 heteroatoms. The summed E-state index contributed by atoms with van der Waals surface area (Å²) >= 11 is 0. The van der Waals surface area contributed by atoms with Gasteiger partial charge in [-0.3, -0.25) is 0 Å². The van der Waals surface area contributed by atoms with Crippen molar-refractivity contribution in [3.05, 3.63) is 17.6 Å². The fourth-order valence-electron chi connectivity index (χ4n) is 1.27. The highest BCUT2D eigenvalue weighted by atomic mass is 35.5. The summed E-state index contributed by atoms with van der Waals surface area (Å²) < 4.78 is 0. The second kappa shape index (κ2) is 3.69. The topological polar surface area (TPSA) is 58.0 Å². The molecule has 0 fully saturated rings. The van der Waals surface area contributed by atoms with Crippen LogP contribution in [0.1, 0.15) is 11.3 Å². The van der Waals surface area contributed by atoms with E-state index < -0.39 is 0 Å². The maximum Gasteiger partial charge on any atom is 0.217 e. The first-order valence-electron chi connectivity index (χ1n) is 3.60. The van der Waals surface area contributed by atoms with Crippen molar-refractivity contribution in [2.75, 3.05) is 6.54 Å². The molecule has 1 aromatic rings. The first-order chi connectivity index (χ1) is 5.38. The Morgan fingerprint density at radius 1 is 1.42 bits per heavy atom. The van der Waals surface area contributed by atoms with E-state index in [-0.39, 0.29) is 18.3 Å². The zero-order valence-electron chi connectivity index (χ0n) is 6.45. The molecule has 0 unspecified atom stereocenters. The first-order valence-corrected chi connectivity index (χ1v) is 3.60. The lowest BCUT2D eigenvalue weighted by Crippen LogP contribution is -2.24. The van der Waals surface area contributed by atoms with Crippen LogP contribution in [-0.4, -0.2) is 21.6 Å². The summed E-state index contributed by atoms with van der Waals surface area (Å²) in [5.41, 5.74) is 1.81. The predicted molar refractivity (Wildman–Crippen MR) is 46.4 cm³/mol. The molecule has 0 aliphatic carbocycles. The molecule has 12 heavy (non-hydrogen) atoms. The lowest BCUT2D eigenvalue weighted by molar-refractivity contribution is 0.435. The van der Waals surface area contributed by atoms with Crippen molar-refractivity contribution in [2.45, 2.75) is 13.0 Å². The molecule has 0 bridgehead atoms. The van der Waals surface area contributed by atoms with E-state index in [0.717, 1.165) is 30.8 Å². The molecule has 1 aromatic heterocycles. The van der Waals surface area contributed by atoms with Crippen LogP contribution in [0.15, 0.2) is 6.33 Å². The molecule has 0 spiro atoms. The molecule has 2 N–H and O–H groups in total. The summed E-state index contributed by atoms with van der Waals surface area (Å²) in [6.07, 6.45) is 2.21. The third kappa shape index (κ3) is 1.49. The number of halogens is 1. The Labute approximate surface area is 76.5 Å². The van der Waals surface area contributed by atoms with E-state index in [1.165, 1.54) is 6.33 Å². The Morgan fingerprint density at radius 2 is 2.25 bits per heavy atom. The number of aromatic hydroxyl groups is 1. The van der Waals surface area contributed by atoms with Gasteiger partial charge in [0.2, 0.25) is 5.88 Å². The molecule has 0 aromatic carbocycles. The Balaban J connectivity index is 0.000000720. The number of aromatic nitrogens is 2. The Bertz CT molecular complexity index is 279. The maximum absolute atomic E-state index is 9.28. The molecular formula is C7H10ClN3O. The summed E-state index contributed by atoms with van der Waals surface area (Å²) in [5, 5.41) is 12.4. The highest BCUT2D eigenvalue weighted by molar-refractivity contribution is 5.85. The minimum atomic E-state index is 0. The van der Waals surface area contributed by atoms with Crippen molar-refractivity contribution < 1.29 is 5.11 Å². The quantitative estimate of drug-likeness (QED) is 0.612. The Morgan fingerprint density at radius 3 is 3.00 bits per heavy atom. The van der Waals surface area contributed by atoms with Crippen LogP contribution in [-0.2, 0) is 13.0 Å². The SMILES string of the molecule is Cl.Oc1ncnc2c1CCNC2. The molecular weight excluding hydrogens is 178 g/mol. The van der Waals surface area contributed by atoms with Gasteiger partial charge < -0.3 is 10.4 Å². The Kier molecular flexibility index (Phi) is 2.83. The van der Waals surface area contributed by atoms with Crippen LogP contribution < -0.4 is 5.32 Å². The van der Waals surface area contributed by atoms with E-state index in [4.69, 9.17) is 0 Å². The van der Waals surface area contributed by atoms with Gasteiger partial charge in [0.25, 0.3) is 0 Å². The third-order valence-electron chi connectivity index (χ3n) is 1.86. The van der Waals surface area contributed by atoms with Gasteiger partial charge in [-0.2, -0.15) is 0 Å². The smallest absolute Gasteiger partial charge is 0.217 e. The van der Waals surface area contributed by atoms with E-state index in [9.17, 15) is 5.11 Å². The highest BCUT2D eigenvalue weighted by Gasteiger charge is 2.13. The van der Waals surface area contributed by atoms with Crippen molar-refractivity contribution in [1.29, 1.82) is 0 Å².